The number of likely N-dealkylation sites (tertiary alicyclic amines) is 1. The van der Waals surface area contributed by atoms with E-state index in [2.05, 4.69) is 5.32 Å². The molecule has 1 aliphatic rings. The summed E-state index contributed by atoms with van der Waals surface area (Å²) in [4.78, 5) is 13.7. The van der Waals surface area contributed by atoms with E-state index >= 15 is 0 Å². The van der Waals surface area contributed by atoms with Gasteiger partial charge in [0, 0.05) is 49.3 Å². The summed E-state index contributed by atoms with van der Waals surface area (Å²) in [7, 11) is 1.55. The average molecular weight is 333 g/mol. The maximum absolute atomic E-state index is 13.3. The standard InChI is InChI=1S/C15H19ClF2N2O2/c1-22-10-11-9-12(16)3-4-13(11)19-14(21)20-7-2-5-15(17,18)6-8-20/h3-4,9H,2,5-8,10H2,1H3,(H,19,21). The molecular weight excluding hydrogens is 314 g/mol. The highest BCUT2D eigenvalue weighted by Gasteiger charge is 2.33. The minimum absolute atomic E-state index is 0.0477. The highest BCUT2D eigenvalue weighted by atomic mass is 35.5. The molecule has 0 aliphatic carbocycles. The normalized spacial score (nSPS) is 17.9. The van der Waals surface area contributed by atoms with Gasteiger partial charge >= 0.3 is 6.03 Å². The van der Waals surface area contributed by atoms with Crippen molar-refractivity contribution >= 4 is 23.3 Å². The minimum Gasteiger partial charge on any atom is -0.380 e. The van der Waals surface area contributed by atoms with E-state index in [0.717, 1.165) is 5.56 Å². The van der Waals surface area contributed by atoms with Gasteiger partial charge in [0.25, 0.3) is 0 Å². The number of halogens is 3. The van der Waals surface area contributed by atoms with Gasteiger partial charge in [-0.2, -0.15) is 0 Å². The SMILES string of the molecule is COCc1cc(Cl)ccc1NC(=O)N1CCCC(F)(F)CC1. The molecule has 2 amide bonds. The van der Waals surface area contributed by atoms with Crippen LogP contribution in [0.5, 0.6) is 0 Å². The Morgan fingerprint density at radius 1 is 1.41 bits per heavy atom. The predicted molar refractivity (Wildman–Crippen MR) is 81.6 cm³/mol. The summed E-state index contributed by atoms with van der Waals surface area (Å²) in [6, 6.07) is 4.67. The topological polar surface area (TPSA) is 41.6 Å². The molecule has 1 saturated heterocycles. The third-order valence-electron chi connectivity index (χ3n) is 3.61. The van der Waals surface area contributed by atoms with E-state index in [-0.39, 0.29) is 25.4 Å². The van der Waals surface area contributed by atoms with Crippen LogP contribution in [-0.4, -0.2) is 37.1 Å². The van der Waals surface area contributed by atoms with Crippen molar-refractivity contribution in [1.82, 2.24) is 4.90 Å². The van der Waals surface area contributed by atoms with Crippen LogP contribution in [0.25, 0.3) is 0 Å². The fourth-order valence-electron chi connectivity index (χ4n) is 2.42. The van der Waals surface area contributed by atoms with Gasteiger partial charge in [0.15, 0.2) is 0 Å². The van der Waals surface area contributed by atoms with E-state index in [1.807, 2.05) is 0 Å². The van der Waals surface area contributed by atoms with Gasteiger partial charge in [-0.1, -0.05) is 11.6 Å². The number of nitrogens with zero attached hydrogens (tertiary/aromatic N) is 1. The molecule has 22 heavy (non-hydrogen) atoms. The van der Waals surface area contributed by atoms with Crippen molar-refractivity contribution in [3.63, 3.8) is 0 Å². The van der Waals surface area contributed by atoms with Crippen LogP contribution in [0.3, 0.4) is 0 Å². The largest absolute Gasteiger partial charge is 0.380 e. The Morgan fingerprint density at radius 3 is 2.91 bits per heavy atom. The predicted octanol–water partition coefficient (Wildman–Crippen LogP) is 4.14. The van der Waals surface area contributed by atoms with E-state index in [9.17, 15) is 13.6 Å². The molecule has 1 aliphatic heterocycles. The lowest BCUT2D eigenvalue weighted by Crippen LogP contribution is -2.36. The highest BCUT2D eigenvalue weighted by Crippen LogP contribution is 2.28. The molecule has 1 heterocycles. The van der Waals surface area contributed by atoms with Gasteiger partial charge in [-0.25, -0.2) is 13.6 Å². The number of ether oxygens (including phenoxy) is 1. The number of rotatable bonds is 3. The van der Waals surface area contributed by atoms with Crippen molar-refractivity contribution in [2.45, 2.75) is 31.8 Å². The number of carbonyl (C=O) groups is 1. The minimum atomic E-state index is -2.68. The molecule has 1 N–H and O–H groups in total. The molecule has 0 atom stereocenters. The highest BCUT2D eigenvalue weighted by molar-refractivity contribution is 6.30. The smallest absolute Gasteiger partial charge is 0.321 e. The molecule has 0 saturated carbocycles. The Morgan fingerprint density at radius 2 is 2.18 bits per heavy atom. The molecule has 0 radical (unpaired) electrons. The maximum atomic E-state index is 13.3. The number of anilines is 1. The lowest BCUT2D eigenvalue weighted by Gasteiger charge is -2.22. The van der Waals surface area contributed by atoms with E-state index in [1.165, 1.54) is 4.90 Å². The fraction of sp³-hybridized carbons (Fsp3) is 0.533. The van der Waals surface area contributed by atoms with Crippen LogP contribution < -0.4 is 5.32 Å². The Hall–Kier alpha value is -1.40. The van der Waals surface area contributed by atoms with Crippen LogP contribution in [0.15, 0.2) is 18.2 Å². The van der Waals surface area contributed by atoms with Crippen molar-refractivity contribution in [1.29, 1.82) is 0 Å². The van der Waals surface area contributed by atoms with E-state index in [4.69, 9.17) is 16.3 Å². The third-order valence-corrected chi connectivity index (χ3v) is 3.85. The van der Waals surface area contributed by atoms with Crippen molar-refractivity contribution < 1.29 is 18.3 Å². The number of urea groups is 1. The Balaban J connectivity index is 2.05. The average Bonchev–Trinajstić information content (AvgIpc) is 2.63. The second kappa shape index (κ2) is 7.24. The maximum Gasteiger partial charge on any atom is 0.321 e. The van der Waals surface area contributed by atoms with Crippen LogP contribution in [0, 0.1) is 0 Å². The van der Waals surface area contributed by atoms with Gasteiger partial charge in [-0.05, 0) is 24.6 Å². The van der Waals surface area contributed by atoms with Crippen molar-refractivity contribution in [2.75, 3.05) is 25.5 Å². The van der Waals surface area contributed by atoms with Crippen LogP contribution in [0.2, 0.25) is 5.02 Å². The molecule has 1 fully saturated rings. The zero-order chi connectivity index (χ0) is 16.2. The molecule has 0 spiro atoms. The molecule has 0 aromatic heterocycles. The first kappa shape index (κ1) is 17.0. The summed E-state index contributed by atoms with van der Waals surface area (Å²) in [6.45, 7) is 0.675. The van der Waals surface area contributed by atoms with Crippen LogP contribution in [0.4, 0.5) is 19.3 Å². The number of alkyl halides is 2. The van der Waals surface area contributed by atoms with E-state index in [0.29, 0.717) is 30.3 Å². The second-order valence-corrected chi connectivity index (χ2v) is 5.80. The molecular formula is C15H19ClF2N2O2. The van der Waals surface area contributed by atoms with Crippen LogP contribution >= 0.6 is 11.6 Å². The molecule has 122 valence electrons. The van der Waals surface area contributed by atoms with Gasteiger partial charge in [-0.15, -0.1) is 0 Å². The van der Waals surface area contributed by atoms with Crippen molar-refractivity contribution in [3.05, 3.63) is 28.8 Å². The summed E-state index contributed by atoms with van der Waals surface area (Å²) in [5.74, 6) is -2.68. The second-order valence-electron chi connectivity index (χ2n) is 5.36. The third kappa shape index (κ3) is 4.55. The fourth-order valence-corrected chi connectivity index (χ4v) is 2.62. The molecule has 2 rings (SSSR count). The number of nitrogens with one attached hydrogen (secondary N) is 1. The molecule has 0 bridgehead atoms. The quantitative estimate of drug-likeness (QED) is 0.903. The van der Waals surface area contributed by atoms with Gasteiger partial charge in [0.1, 0.15) is 0 Å². The molecule has 0 unspecified atom stereocenters. The number of carbonyl (C=O) groups excluding carboxylic acids is 1. The van der Waals surface area contributed by atoms with Gasteiger partial charge < -0.3 is 15.0 Å². The molecule has 7 heteroatoms. The summed E-state index contributed by atoms with van der Waals surface area (Å²) >= 11 is 5.93. The number of methoxy groups -OCH3 is 1. The summed E-state index contributed by atoms with van der Waals surface area (Å²) in [5, 5.41) is 3.29. The Kier molecular flexibility index (Phi) is 5.58. The van der Waals surface area contributed by atoms with Gasteiger partial charge in [0.05, 0.1) is 6.61 Å². The van der Waals surface area contributed by atoms with E-state index < -0.39 is 5.92 Å². The zero-order valence-corrected chi connectivity index (χ0v) is 13.1. The van der Waals surface area contributed by atoms with Gasteiger partial charge in [-0.3, -0.25) is 0 Å². The Labute approximate surface area is 133 Å². The Bertz CT molecular complexity index is 540. The summed E-state index contributed by atoms with van der Waals surface area (Å²) in [6.07, 6.45) is -0.176. The van der Waals surface area contributed by atoms with Crippen LogP contribution in [-0.2, 0) is 11.3 Å². The number of hydrogen-bond donors (Lipinski definition) is 1. The number of amides is 2. The number of benzene rings is 1. The lowest BCUT2D eigenvalue weighted by atomic mass is 10.1. The molecule has 1 aromatic rings. The summed E-state index contributed by atoms with van der Waals surface area (Å²) < 4.78 is 31.8. The first-order valence-electron chi connectivity index (χ1n) is 7.12. The molecule has 4 nitrogen and oxygen atoms in total. The lowest BCUT2D eigenvalue weighted by molar-refractivity contribution is -0.0121. The van der Waals surface area contributed by atoms with Crippen LogP contribution in [0.1, 0.15) is 24.8 Å². The molecule has 1 aromatic carbocycles. The summed E-state index contributed by atoms with van der Waals surface area (Å²) in [5.41, 5.74) is 1.32. The van der Waals surface area contributed by atoms with E-state index in [1.54, 1.807) is 25.3 Å². The zero-order valence-electron chi connectivity index (χ0n) is 12.4. The van der Waals surface area contributed by atoms with Crippen molar-refractivity contribution in [3.8, 4) is 0 Å². The monoisotopic (exact) mass is 332 g/mol. The number of hydrogen-bond acceptors (Lipinski definition) is 2. The van der Waals surface area contributed by atoms with Gasteiger partial charge in [0.2, 0.25) is 5.92 Å². The first-order valence-corrected chi connectivity index (χ1v) is 7.50. The van der Waals surface area contributed by atoms with Crippen molar-refractivity contribution in [2.24, 2.45) is 0 Å². The first-order chi connectivity index (χ1) is 10.4.